The molecule has 1 N–H and O–H groups in total. The summed E-state index contributed by atoms with van der Waals surface area (Å²) in [5.74, 6) is 0.970. The van der Waals surface area contributed by atoms with E-state index in [1.54, 1.807) is 17.4 Å². The molecule has 3 heterocycles. The summed E-state index contributed by atoms with van der Waals surface area (Å²) in [5.41, 5.74) is 2.65. The van der Waals surface area contributed by atoms with E-state index in [1.807, 2.05) is 30.3 Å². The smallest absolute Gasteiger partial charge is 0.273 e. The Labute approximate surface area is 163 Å². The van der Waals surface area contributed by atoms with E-state index in [2.05, 4.69) is 32.2 Å². The minimum absolute atomic E-state index is 0.165. The predicted octanol–water partition coefficient (Wildman–Crippen LogP) is 4.05. The molecule has 3 aromatic rings. The Bertz CT molecular complexity index is 853. The lowest BCUT2D eigenvalue weighted by atomic mass is 9.96. The van der Waals surface area contributed by atoms with Crippen molar-refractivity contribution in [2.45, 2.75) is 19.4 Å². The number of nitrogens with zero attached hydrogens (tertiary/aromatic N) is 2. The van der Waals surface area contributed by atoms with Gasteiger partial charge in [0.05, 0.1) is 0 Å². The van der Waals surface area contributed by atoms with Crippen molar-refractivity contribution in [2.75, 3.05) is 19.6 Å². The van der Waals surface area contributed by atoms with Crippen molar-refractivity contribution < 1.29 is 9.32 Å². The molecule has 140 valence electrons. The highest BCUT2D eigenvalue weighted by Crippen LogP contribution is 2.21. The van der Waals surface area contributed by atoms with E-state index in [-0.39, 0.29) is 5.91 Å². The van der Waals surface area contributed by atoms with Gasteiger partial charge in [0.15, 0.2) is 11.5 Å². The van der Waals surface area contributed by atoms with E-state index in [0.717, 1.165) is 38.0 Å². The van der Waals surface area contributed by atoms with Gasteiger partial charge in [-0.1, -0.05) is 35.5 Å². The zero-order chi connectivity index (χ0) is 18.5. The summed E-state index contributed by atoms with van der Waals surface area (Å²) in [6.07, 6.45) is 2.22. The first kappa shape index (κ1) is 17.9. The van der Waals surface area contributed by atoms with Crippen molar-refractivity contribution in [3.63, 3.8) is 0 Å². The van der Waals surface area contributed by atoms with Gasteiger partial charge in [-0.05, 0) is 54.2 Å². The molecule has 1 aromatic carbocycles. The summed E-state index contributed by atoms with van der Waals surface area (Å²) < 4.78 is 5.31. The number of rotatable bonds is 6. The Balaban J connectivity index is 1.24. The molecule has 2 aromatic heterocycles. The zero-order valence-electron chi connectivity index (χ0n) is 15.1. The van der Waals surface area contributed by atoms with E-state index >= 15 is 0 Å². The van der Waals surface area contributed by atoms with Crippen molar-refractivity contribution in [1.29, 1.82) is 0 Å². The van der Waals surface area contributed by atoms with Gasteiger partial charge < -0.3 is 9.84 Å². The number of carbonyl (C=O) groups excluding carboxylic acids is 1. The van der Waals surface area contributed by atoms with Crippen LogP contribution in [0.4, 0.5) is 0 Å². The fourth-order valence-electron chi connectivity index (χ4n) is 3.44. The first-order chi connectivity index (χ1) is 13.3. The van der Waals surface area contributed by atoms with E-state index in [1.165, 1.54) is 5.56 Å². The van der Waals surface area contributed by atoms with Crippen molar-refractivity contribution in [3.8, 4) is 11.3 Å². The van der Waals surface area contributed by atoms with Crippen LogP contribution < -0.4 is 5.32 Å². The highest BCUT2D eigenvalue weighted by molar-refractivity contribution is 7.07. The monoisotopic (exact) mass is 381 g/mol. The number of carbonyl (C=O) groups is 1. The number of aromatic nitrogens is 1. The number of piperidine rings is 1. The fourth-order valence-corrected chi connectivity index (χ4v) is 4.10. The van der Waals surface area contributed by atoms with Gasteiger partial charge >= 0.3 is 0 Å². The second kappa shape index (κ2) is 8.50. The van der Waals surface area contributed by atoms with Crippen LogP contribution in [0.5, 0.6) is 0 Å². The van der Waals surface area contributed by atoms with E-state index in [9.17, 15) is 4.79 Å². The molecule has 0 spiro atoms. The summed E-state index contributed by atoms with van der Waals surface area (Å²) in [6, 6.07) is 13.6. The van der Waals surface area contributed by atoms with Crippen molar-refractivity contribution in [3.05, 3.63) is 64.5 Å². The molecular weight excluding hydrogens is 358 g/mol. The minimum Gasteiger partial charge on any atom is -0.355 e. The molecule has 0 bridgehead atoms. The van der Waals surface area contributed by atoms with Gasteiger partial charge in [0.25, 0.3) is 5.91 Å². The first-order valence-corrected chi connectivity index (χ1v) is 10.3. The van der Waals surface area contributed by atoms with Crippen LogP contribution >= 0.6 is 11.3 Å². The van der Waals surface area contributed by atoms with Gasteiger partial charge in [-0.2, -0.15) is 11.3 Å². The van der Waals surface area contributed by atoms with Crippen LogP contribution in [0.25, 0.3) is 11.3 Å². The number of hydrogen-bond donors (Lipinski definition) is 1. The lowest BCUT2D eigenvalue weighted by Gasteiger charge is -2.31. The van der Waals surface area contributed by atoms with E-state index in [4.69, 9.17) is 4.52 Å². The average molecular weight is 382 g/mol. The molecule has 1 aliphatic rings. The molecule has 0 unspecified atom stereocenters. The van der Waals surface area contributed by atoms with Crippen molar-refractivity contribution in [1.82, 2.24) is 15.4 Å². The number of nitrogens with one attached hydrogen (secondary N) is 1. The number of hydrogen-bond acceptors (Lipinski definition) is 5. The molecule has 27 heavy (non-hydrogen) atoms. The standard InChI is InChI=1S/C21H23N3O2S/c25-21(19-12-20(26-23-19)18-4-2-1-3-5-18)22-13-16-6-9-24(10-7-16)14-17-8-11-27-15-17/h1-5,8,11-12,15-16H,6-7,9-10,13-14H2,(H,22,25). The quantitative estimate of drug-likeness (QED) is 0.700. The largest absolute Gasteiger partial charge is 0.355 e. The number of thiophene rings is 1. The zero-order valence-corrected chi connectivity index (χ0v) is 16.0. The van der Waals surface area contributed by atoms with Gasteiger partial charge in [0, 0.05) is 24.7 Å². The topological polar surface area (TPSA) is 58.4 Å². The lowest BCUT2D eigenvalue weighted by Crippen LogP contribution is -2.38. The maximum Gasteiger partial charge on any atom is 0.273 e. The first-order valence-electron chi connectivity index (χ1n) is 9.32. The lowest BCUT2D eigenvalue weighted by molar-refractivity contribution is 0.0926. The van der Waals surface area contributed by atoms with Crippen LogP contribution in [0, 0.1) is 5.92 Å². The Morgan fingerprint density at radius 1 is 1.22 bits per heavy atom. The maximum absolute atomic E-state index is 12.4. The van der Waals surface area contributed by atoms with Crippen LogP contribution in [0.2, 0.25) is 0 Å². The number of benzene rings is 1. The SMILES string of the molecule is O=C(NCC1CCN(Cc2ccsc2)CC1)c1cc(-c2ccccc2)on1. The van der Waals surface area contributed by atoms with Crippen LogP contribution in [0.3, 0.4) is 0 Å². The highest BCUT2D eigenvalue weighted by atomic mass is 32.1. The van der Waals surface area contributed by atoms with Crippen LogP contribution in [0.15, 0.2) is 57.7 Å². The molecule has 0 aliphatic carbocycles. The van der Waals surface area contributed by atoms with E-state index in [0.29, 0.717) is 23.9 Å². The van der Waals surface area contributed by atoms with Gasteiger partial charge in [-0.25, -0.2) is 0 Å². The van der Waals surface area contributed by atoms with Gasteiger partial charge in [0.1, 0.15) is 0 Å². The summed E-state index contributed by atoms with van der Waals surface area (Å²) in [4.78, 5) is 14.9. The molecular formula is C21H23N3O2S. The van der Waals surface area contributed by atoms with Gasteiger partial charge in [-0.15, -0.1) is 0 Å². The van der Waals surface area contributed by atoms with Crippen LogP contribution in [-0.2, 0) is 6.54 Å². The molecule has 5 nitrogen and oxygen atoms in total. The fraction of sp³-hybridized carbons (Fsp3) is 0.333. The minimum atomic E-state index is -0.165. The molecule has 4 rings (SSSR count). The summed E-state index contributed by atoms with van der Waals surface area (Å²) in [5, 5.41) is 11.3. The summed E-state index contributed by atoms with van der Waals surface area (Å²) >= 11 is 1.75. The summed E-state index contributed by atoms with van der Waals surface area (Å²) in [7, 11) is 0. The third-order valence-electron chi connectivity index (χ3n) is 5.05. The maximum atomic E-state index is 12.4. The molecule has 1 saturated heterocycles. The highest BCUT2D eigenvalue weighted by Gasteiger charge is 2.21. The Morgan fingerprint density at radius 3 is 2.78 bits per heavy atom. The second-order valence-corrected chi connectivity index (χ2v) is 7.78. The molecule has 0 atom stereocenters. The van der Waals surface area contributed by atoms with Gasteiger partial charge in [0.2, 0.25) is 0 Å². The Kier molecular flexibility index (Phi) is 5.65. The number of amides is 1. The molecule has 0 radical (unpaired) electrons. The predicted molar refractivity (Wildman–Crippen MR) is 107 cm³/mol. The van der Waals surface area contributed by atoms with Crippen molar-refractivity contribution >= 4 is 17.2 Å². The van der Waals surface area contributed by atoms with Crippen LogP contribution in [-0.4, -0.2) is 35.6 Å². The van der Waals surface area contributed by atoms with Gasteiger partial charge in [-0.3, -0.25) is 9.69 Å². The molecule has 1 fully saturated rings. The molecule has 6 heteroatoms. The third-order valence-corrected chi connectivity index (χ3v) is 5.78. The Morgan fingerprint density at radius 2 is 2.04 bits per heavy atom. The molecule has 1 amide bonds. The third kappa shape index (κ3) is 4.64. The van der Waals surface area contributed by atoms with Crippen LogP contribution in [0.1, 0.15) is 28.9 Å². The summed E-state index contributed by atoms with van der Waals surface area (Å²) in [6.45, 7) is 3.89. The molecule has 1 aliphatic heterocycles. The average Bonchev–Trinajstić information content (AvgIpc) is 3.40. The Hall–Kier alpha value is -2.44. The normalized spacial score (nSPS) is 15.7. The van der Waals surface area contributed by atoms with E-state index < -0.39 is 0 Å². The second-order valence-electron chi connectivity index (χ2n) is 7.00. The number of likely N-dealkylation sites (tertiary alicyclic amines) is 1. The molecule has 0 saturated carbocycles. The van der Waals surface area contributed by atoms with Crippen molar-refractivity contribution in [2.24, 2.45) is 5.92 Å².